The molecule has 4 saturated carbocycles. The molecule has 4 aliphatic carbocycles. The molecule has 25 heavy (non-hydrogen) atoms. The van der Waals surface area contributed by atoms with Crippen LogP contribution in [0.5, 0.6) is 0 Å². The Hall–Kier alpha value is -0.750. The summed E-state index contributed by atoms with van der Waals surface area (Å²) in [6.45, 7) is 10.2. The molecular formula is C20H30O5. The molecule has 2 bridgehead atoms. The molecule has 0 aromatic heterocycles. The van der Waals surface area contributed by atoms with Crippen LogP contribution in [0, 0.1) is 34.0 Å². The van der Waals surface area contributed by atoms with E-state index in [2.05, 4.69) is 27.4 Å². The second-order valence-corrected chi connectivity index (χ2v) is 9.99. The van der Waals surface area contributed by atoms with Gasteiger partial charge >= 0.3 is 0 Å². The van der Waals surface area contributed by atoms with Crippen LogP contribution in [-0.2, 0) is 4.79 Å². The Morgan fingerprint density at radius 3 is 2.28 bits per heavy atom. The zero-order valence-corrected chi connectivity index (χ0v) is 15.4. The third-order valence-electron chi connectivity index (χ3n) is 8.60. The number of fused-ring (bicyclic) bond motifs is 3. The van der Waals surface area contributed by atoms with Gasteiger partial charge in [0.1, 0.15) is 5.41 Å². The van der Waals surface area contributed by atoms with Crippen LogP contribution in [0.15, 0.2) is 12.2 Å². The Bertz CT molecular complexity index is 663. The van der Waals surface area contributed by atoms with Crippen molar-refractivity contribution in [3.63, 3.8) is 0 Å². The van der Waals surface area contributed by atoms with Gasteiger partial charge in [0.25, 0.3) is 0 Å². The molecule has 4 fully saturated rings. The van der Waals surface area contributed by atoms with Crippen molar-refractivity contribution in [1.82, 2.24) is 0 Å². The molecule has 0 amide bonds. The molecule has 0 aliphatic heterocycles. The van der Waals surface area contributed by atoms with Gasteiger partial charge in [0.2, 0.25) is 0 Å². The van der Waals surface area contributed by atoms with Gasteiger partial charge in [0.15, 0.2) is 17.4 Å². The van der Waals surface area contributed by atoms with Crippen LogP contribution in [-0.4, -0.2) is 37.8 Å². The Morgan fingerprint density at radius 1 is 1.00 bits per heavy atom. The summed E-state index contributed by atoms with van der Waals surface area (Å²) < 4.78 is 0. The Kier molecular flexibility index (Phi) is 3.22. The van der Waals surface area contributed by atoms with E-state index in [1.807, 2.05) is 0 Å². The molecule has 0 unspecified atom stereocenters. The van der Waals surface area contributed by atoms with Gasteiger partial charge in [-0.3, -0.25) is 4.79 Å². The van der Waals surface area contributed by atoms with E-state index >= 15 is 0 Å². The van der Waals surface area contributed by atoms with E-state index < -0.39 is 34.6 Å². The topological polar surface area (TPSA) is 98.0 Å². The second kappa shape index (κ2) is 4.56. The van der Waals surface area contributed by atoms with Crippen molar-refractivity contribution in [3.8, 4) is 0 Å². The van der Waals surface area contributed by atoms with Crippen molar-refractivity contribution in [2.45, 2.75) is 70.9 Å². The van der Waals surface area contributed by atoms with Crippen LogP contribution in [0.3, 0.4) is 0 Å². The largest absolute Gasteiger partial charge is 0.365 e. The first-order valence-electron chi connectivity index (χ1n) is 9.47. The first-order valence-corrected chi connectivity index (χ1v) is 9.47. The van der Waals surface area contributed by atoms with Gasteiger partial charge in [0, 0.05) is 12.3 Å². The summed E-state index contributed by atoms with van der Waals surface area (Å²) in [6, 6.07) is 0. The van der Waals surface area contributed by atoms with Gasteiger partial charge < -0.3 is 20.4 Å². The first kappa shape index (κ1) is 17.7. The number of carbonyl (C=O) groups excluding carboxylic acids is 1. The molecule has 0 saturated heterocycles. The van der Waals surface area contributed by atoms with Gasteiger partial charge in [-0.25, -0.2) is 0 Å². The highest BCUT2D eigenvalue weighted by molar-refractivity contribution is 6.05. The number of hydrogen-bond donors (Lipinski definition) is 4. The summed E-state index contributed by atoms with van der Waals surface area (Å²) in [5.74, 6) is -6.75. The molecule has 4 rings (SSSR count). The Balaban J connectivity index is 1.98. The first-order chi connectivity index (χ1) is 11.3. The van der Waals surface area contributed by atoms with Crippen molar-refractivity contribution in [1.29, 1.82) is 0 Å². The summed E-state index contributed by atoms with van der Waals surface area (Å²) in [5.41, 5.74) is -2.27. The average molecular weight is 350 g/mol. The second-order valence-electron chi connectivity index (χ2n) is 9.99. The van der Waals surface area contributed by atoms with Crippen LogP contribution in [0.2, 0.25) is 0 Å². The molecule has 0 heterocycles. The maximum Gasteiger partial charge on any atom is 0.188 e. The lowest BCUT2D eigenvalue weighted by molar-refractivity contribution is -0.403. The van der Waals surface area contributed by atoms with E-state index in [-0.39, 0.29) is 28.7 Å². The lowest BCUT2D eigenvalue weighted by atomic mass is 9.38. The Labute approximate surface area is 148 Å². The molecule has 5 heteroatoms. The SMILES string of the molecule is C=C1C(=O)[C@]23[C@H](CC[C@H]1C2(O)O)[C@@]1(C)CCCC(C)(C)[C@@H]1CC3(O)O. The predicted octanol–water partition coefficient (Wildman–Crippen LogP) is 1.74. The zero-order chi connectivity index (χ0) is 18.6. The minimum Gasteiger partial charge on any atom is -0.365 e. The van der Waals surface area contributed by atoms with E-state index in [1.165, 1.54) is 0 Å². The maximum atomic E-state index is 13.2. The monoisotopic (exact) mass is 350 g/mol. The fourth-order valence-corrected chi connectivity index (χ4v) is 7.55. The van der Waals surface area contributed by atoms with Gasteiger partial charge in [-0.05, 0) is 53.9 Å². The molecule has 1 spiro atoms. The molecule has 0 aromatic carbocycles. The van der Waals surface area contributed by atoms with Crippen molar-refractivity contribution in [2.75, 3.05) is 0 Å². The molecule has 4 N–H and O–H groups in total. The molecule has 0 aromatic rings. The van der Waals surface area contributed by atoms with Crippen LogP contribution in [0.1, 0.15) is 59.3 Å². The van der Waals surface area contributed by atoms with Gasteiger partial charge in [-0.2, -0.15) is 0 Å². The summed E-state index contributed by atoms with van der Waals surface area (Å²) in [4.78, 5) is 13.2. The number of ketones is 1. The molecular weight excluding hydrogens is 320 g/mol. The standard InChI is InChI=1S/C20H30O5/c1-11-12-6-7-13-17(4)9-5-8-16(2,3)14(17)10-18(22,23)19(13,15(11)21)20(12,24)25/h12-14,22-25H,1,5-10H2,2-4H3/t12-,13-,14+,17-,19+/m1/s1. The van der Waals surface area contributed by atoms with Crippen molar-refractivity contribution in [3.05, 3.63) is 12.2 Å². The molecule has 4 aliphatic rings. The summed E-state index contributed by atoms with van der Waals surface area (Å²) in [5, 5.41) is 44.3. The zero-order valence-electron chi connectivity index (χ0n) is 15.4. The summed E-state index contributed by atoms with van der Waals surface area (Å²) in [7, 11) is 0. The highest BCUT2D eigenvalue weighted by atomic mass is 16.5. The summed E-state index contributed by atoms with van der Waals surface area (Å²) >= 11 is 0. The summed E-state index contributed by atoms with van der Waals surface area (Å²) in [6.07, 6.45) is 3.88. The van der Waals surface area contributed by atoms with Crippen LogP contribution >= 0.6 is 0 Å². The lowest BCUT2D eigenvalue weighted by Crippen LogP contribution is -2.76. The molecule has 5 nitrogen and oxygen atoms in total. The van der Waals surface area contributed by atoms with Crippen molar-refractivity contribution < 1.29 is 25.2 Å². The fraction of sp³-hybridized carbons (Fsp3) is 0.850. The van der Waals surface area contributed by atoms with E-state index in [4.69, 9.17) is 0 Å². The number of carbonyl (C=O) groups is 1. The molecule has 5 atom stereocenters. The lowest BCUT2D eigenvalue weighted by Gasteiger charge is -2.68. The maximum absolute atomic E-state index is 13.2. The highest BCUT2D eigenvalue weighted by Gasteiger charge is 2.83. The Morgan fingerprint density at radius 2 is 1.64 bits per heavy atom. The van der Waals surface area contributed by atoms with Crippen molar-refractivity contribution >= 4 is 5.78 Å². The molecule has 0 radical (unpaired) electrons. The van der Waals surface area contributed by atoms with Crippen LogP contribution in [0.4, 0.5) is 0 Å². The fourth-order valence-electron chi connectivity index (χ4n) is 7.55. The number of rotatable bonds is 0. The number of aliphatic hydroxyl groups is 4. The van der Waals surface area contributed by atoms with E-state index in [9.17, 15) is 25.2 Å². The number of hydrogen-bond acceptors (Lipinski definition) is 5. The van der Waals surface area contributed by atoms with E-state index in [0.29, 0.717) is 12.8 Å². The quantitative estimate of drug-likeness (QED) is 0.394. The van der Waals surface area contributed by atoms with Gasteiger partial charge in [-0.1, -0.05) is 33.8 Å². The third kappa shape index (κ3) is 1.67. The van der Waals surface area contributed by atoms with Gasteiger partial charge in [0.05, 0.1) is 0 Å². The van der Waals surface area contributed by atoms with E-state index in [0.717, 1.165) is 19.3 Å². The van der Waals surface area contributed by atoms with Crippen molar-refractivity contribution in [2.24, 2.45) is 34.0 Å². The van der Waals surface area contributed by atoms with Crippen LogP contribution < -0.4 is 0 Å². The minimum absolute atomic E-state index is 0.00777. The third-order valence-corrected chi connectivity index (χ3v) is 8.60. The average Bonchev–Trinajstić information content (AvgIpc) is 2.57. The normalized spacial score (nSPS) is 49.5. The van der Waals surface area contributed by atoms with Crippen LogP contribution in [0.25, 0.3) is 0 Å². The predicted molar refractivity (Wildman–Crippen MR) is 91.0 cm³/mol. The molecule has 140 valence electrons. The minimum atomic E-state index is -2.46. The number of Topliss-reactive ketones (excluding diaryl/α,β-unsaturated/α-hetero) is 1. The highest BCUT2D eigenvalue weighted by Crippen LogP contribution is 2.75. The van der Waals surface area contributed by atoms with Gasteiger partial charge in [-0.15, -0.1) is 0 Å². The smallest absolute Gasteiger partial charge is 0.188 e. The van der Waals surface area contributed by atoms with E-state index in [1.54, 1.807) is 0 Å².